The normalized spacial score (nSPS) is 14.4. The van der Waals surface area contributed by atoms with Crippen LogP contribution in [-0.2, 0) is 56.2 Å². The maximum atomic E-state index is 13.1. The van der Waals surface area contributed by atoms with E-state index >= 15 is 0 Å². The molecule has 8 aliphatic rings. The molecule has 0 atom stereocenters. The van der Waals surface area contributed by atoms with Crippen LogP contribution in [0.25, 0.3) is 0 Å². The van der Waals surface area contributed by atoms with E-state index in [2.05, 4.69) is 72.8 Å². The molecule has 12 rings (SSSR count). The summed E-state index contributed by atoms with van der Waals surface area (Å²) < 4.78 is 11.7. The number of aryl methyl sites for hydroxylation is 8. The van der Waals surface area contributed by atoms with Gasteiger partial charge in [0.15, 0.2) is 0 Å². The summed E-state index contributed by atoms with van der Waals surface area (Å²) in [6.07, 6.45) is 8.36. The Morgan fingerprint density at radius 3 is 1.15 bits per heavy atom. The van der Waals surface area contributed by atoms with Gasteiger partial charge in [0.1, 0.15) is 17.8 Å². The SMILES string of the molecule is COc1cc2c(C(C=O)c3cc4c(OC)cc3CCc3ccc(cc3)CC4)cc1CCc1ccc(cc1)CC2. The van der Waals surface area contributed by atoms with Gasteiger partial charge in [-0.2, -0.15) is 0 Å². The van der Waals surface area contributed by atoms with Crippen molar-refractivity contribution in [3.8, 4) is 11.5 Å². The average molecular weight is 517 g/mol. The van der Waals surface area contributed by atoms with Crippen LogP contribution in [-0.4, -0.2) is 20.5 Å². The maximum absolute atomic E-state index is 13.1. The molecule has 0 amide bonds. The molecule has 4 aromatic carbocycles. The van der Waals surface area contributed by atoms with Crippen molar-refractivity contribution in [1.29, 1.82) is 0 Å². The molecule has 0 aromatic heterocycles. The zero-order valence-electron chi connectivity index (χ0n) is 23.0. The third-order valence-corrected chi connectivity index (χ3v) is 8.67. The van der Waals surface area contributed by atoms with Gasteiger partial charge in [-0.05, 0) is 119 Å². The number of carbonyl (C=O) groups excluding carboxylic acids is 1. The second-order valence-electron chi connectivity index (χ2n) is 11.0. The molecule has 0 N–H and O–H groups in total. The Bertz CT molecular complexity index is 1370. The van der Waals surface area contributed by atoms with Crippen LogP contribution in [0.2, 0.25) is 0 Å². The smallest absolute Gasteiger partial charge is 0.131 e. The van der Waals surface area contributed by atoms with E-state index in [0.29, 0.717) is 0 Å². The standard InChI is InChI=1S/C36H36O3/c1-38-35-21-28-15-11-24-3-7-26(8-4-24)13-17-30(35)19-32(28)34(23-37)33-20-31-18-14-27-9-5-25(6-10-27)12-16-29(33)22-36(31)39-2/h3-10,19-23,34H,11-18H2,1-2H3. The second-order valence-corrected chi connectivity index (χ2v) is 11.0. The molecule has 0 fully saturated rings. The van der Waals surface area contributed by atoms with E-state index in [9.17, 15) is 4.79 Å². The Labute approximate surface area is 231 Å². The van der Waals surface area contributed by atoms with Gasteiger partial charge >= 0.3 is 0 Å². The predicted molar refractivity (Wildman–Crippen MR) is 156 cm³/mol. The van der Waals surface area contributed by atoms with Crippen molar-refractivity contribution in [1.82, 2.24) is 0 Å². The third-order valence-electron chi connectivity index (χ3n) is 8.67. The molecule has 0 radical (unpaired) electrons. The van der Waals surface area contributed by atoms with E-state index in [1.165, 1.54) is 33.4 Å². The van der Waals surface area contributed by atoms with Crippen LogP contribution in [0.4, 0.5) is 0 Å². The summed E-state index contributed by atoms with van der Waals surface area (Å²) in [4.78, 5) is 13.1. The average Bonchev–Trinajstić information content (AvgIpc) is 2.96. The number of carbonyl (C=O) groups is 1. The van der Waals surface area contributed by atoms with Crippen LogP contribution in [0.5, 0.6) is 11.5 Å². The fraction of sp³-hybridized carbons (Fsp3) is 0.306. The maximum Gasteiger partial charge on any atom is 0.131 e. The molecule has 0 heterocycles. The summed E-state index contributed by atoms with van der Waals surface area (Å²) in [5.74, 6) is 1.51. The molecule has 0 spiro atoms. The predicted octanol–water partition coefficient (Wildman–Crippen LogP) is 6.80. The summed E-state index contributed by atoms with van der Waals surface area (Å²) in [5, 5.41) is 0. The second kappa shape index (κ2) is 11.1. The zero-order chi connectivity index (χ0) is 26.8. The van der Waals surface area contributed by atoms with Crippen molar-refractivity contribution < 1.29 is 14.3 Å². The van der Waals surface area contributed by atoms with E-state index in [1.54, 1.807) is 14.2 Å². The lowest BCUT2D eigenvalue weighted by atomic mass is 9.81. The Kier molecular flexibility index (Phi) is 7.24. The number of hydrogen-bond donors (Lipinski definition) is 0. The first kappa shape index (κ1) is 25.4. The number of aldehydes is 1. The van der Waals surface area contributed by atoms with Crippen LogP contribution in [0, 0.1) is 0 Å². The van der Waals surface area contributed by atoms with Crippen LogP contribution in [0.1, 0.15) is 61.6 Å². The Hall–Kier alpha value is -3.85. The zero-order valence-corrected chi connectivity index (χ0v) is 23.0. The van der Waals surface area contributed by atoms with Crippen LogP contribution < -0.4 is 9.47 Å². The Morgan fingerprint density at radius 1 is 0.513 bits per heavy atom. The lowest BCUT2D eigenvalue weighted by molar-refractivity contribution is -0.108. The van der Waals surface area contributed by atoms with Crippen molar-refractivity contribution in [2.75, 3.05) is 14.2 Å². The topological polar surface area (TPSA) is 35.5 Å². The molecule has 8 aliphatic carbocycles. The fourth-order valence-electron chi connectivity index (χ4n) is 6.33. The van der Waals surface area contributed by atoms with Crippen LogP contribution >= 0.6 is 0 Å². The molecule has 39 heavy (non-hydrogen) atoms. The van der Waals surface area contributed by atoms with Crippen molar-refractivity contribution >= 4 is 6.29 Å². The highest BCUT2D eigenvalue weighted by Crippen LogP contribution is 2.38. The molecular weight excluding hydrogens is 480 g/mol. The van der Waals surface area contributed by atoms with E-state index in [0.717, 1.165) is 91.4 Å². The number of methoxy groups -OCH3 is 2. The monoisotopic (exact) mass is 516 g/mol. The van der Waals surface area contributed by atoms with E-state index in [4.69, 9.17) is 9.47 Å². The quantitative estimate of drug-likeness (QED) is 0.274. The molecule has 4 aromatic rings. The summed E-state index contributed by atoms with van der Waals surface area (Å²) in [6.45, 7) is 0. The van der Waals surface area contributed by atoms with Gasteiger partial charge in [0, 0.05) is 0 Å². The first-order chi connectivity index (χ1) is 19.1. The van der Waals surface area contributed by atoms with Crippen molar-refractivity contribution in [2.45, 2.75) is 57.3 Å². The summed E-state index contributed by atoms with van der Waals surface area (Å²) >= 11 is 0. The van der Waals surface area contributed by atoms with E-state index in [1.807, 2.05) is 0 Å². The van der Waals surface area contributed by atoms with Gasteiger partial charge < -0.3 is 14.3 Å². The largest absolute Gasteiger partial charge is 0.496 e. The van der Waals surface area contributed by atoms with Crippen LogP contribution in [0.3, 0.4) is 0 Å². The lowest BCUT2D eigenvalue weighted by Gasteiger charge is -2.24. The molecule has 198 valence electrons. The Morgan fingerprint density at radius 2 is 0.846 bits per heavy atom. The van der Waals surface area contributed by atoms with Gasteiger partial charge in [-0.3, -0.25) is 0 Å². The minimum absolute atomic E-state index is 0.336. The van der Waals surface area contributed by atoms with Gasteiger partial charge in [-0.25, -0.2) is 0 Å². The molecule has 0 aliphatic heterocycles. The van der Waals surface area contributed by atoms with Crippen molar-refractivity contribution in [3.63, 3.8) is 0 Å². The number of rotatable bonds is 5. The first-order valence-electron chi connectivity index (χ1n) is 14.2. The molecule has 0 saturated heterocycles. The van der Waals surface area contributed by atoms with Gasteiger partial charge in [0.25, 0.3) is 0 Å². The molecule has 8 bridgehead atoms. The molecule has 0 unspecified atom stereocenters. The van der Waals surface area contributed by atoms with Gasteiger partial charge in [0.2, 0.25) is 0 Å². The van der Waals surface area contributed by atoms with E-state index < -0.39 is 0 Å². The van der Waals surface area contributed by atoms with E-state index in [-0.39, 0.29) is 5.92 Å². The third kappa shape index (κ3) is 5.23. The van der Waals surface area contributed by atoms with Gasteiger partial charge in [-0.1, -0.05) is 60.7 Å². The Balaban J connectivity index is 1.48. The summed E-state index contributed by atoms with van der Waals surface area (Å²) in [5.41, 5.74) is 12.2. The number of hydrogen-bond acceptors (Lipinski definition) is 3. The lowest BCUT2D eigenvalue weighted by Crippen LogP contribution is -2.14. The number of ether oxygens (including phenoxy) is 2. The highest BCUT2D eigenvalue weighted by atomic mass is 16.5. The number of benzene rings is 4. The van der Waals surface area contributed by atoms with Gasteiger partial charge in [0.05, 0.1) is 20.1 Å². The first-order valence-corrected chi connectivity index (χ1v) is 14.2. The van der Waals surface area contributed by atoms with Crippen LogP contribution in [0.15, 0.2) is 72.8 Å². The molecule has 0 saturated carbocycles. The highest BCUT2D eigenvalue weighted by molar-refractivity contribution is 5.72. The minimum Gasteiger partial charge on any atom is -0.496 e. The van der Waals surface area contributed by atoms with Crippen molar-refractivity contribution in [3.05, 3.63) is 128 Å². The summed E-state index contributed by atoms with van der Waals surface area (Å²) in [6, 6.07) is 26.9. The minimum atomic E-state index is -0.336. The highest BCUT2D eigenvalue weighted by Gasteiger charge is 2.25. The molecule has 3 nitrogen and oxygen atoms in total. The van der Waals surface area contributed by atoms with Crippen molar-refractivity contribution in [2.24, 2.45) is 0 Å². The fourth-order valence-corrected chi connectivity index (χ4v) is 6.33. The molecular formula is C36H36O3. The summed E-state index contributed by atoms with van der Waals surface area (Å²) in [7, 11) is 3.51. The molecule has 3 heteroatoms. The van der Waals surface area contributed by atoms with Gasteiger partial charge in [-0.15, -0.1) is 0 Å².